The van der Waals surface area contributed by atoms with Crippen molar-refractivity contribution in [1.29, 1.82) is 0 Å². The van der Waals surface area contributed by atoms with E-state index in [-0.39, 0.29) is 10.6 Å². The Kier molecular flexibility index (Phi) is 2.60. The molecular formula is C11H13N3O2. The highest BCUT2D eigenvalue weighted by atomic mass is 16.6. The summed E-state index contributed by atoms with van der Waals surface area (Å²) in [7, 11) is 0. The molecule has 2 aromatic rings. The Morgan fingerprint density at radius 1 is 1.50 bits per heavy atom. The molecule has 0 saturated heterocycles. The highest BCUT2D eigenvalue weighted by Crippen LogP contribution is 2.25. The lowest BCUT2D eigenvalue weighted by atomic mass is 10.2. The zero-order valence-electron chi connectivity index (χ0n) is 9.25. The average molecular weight is 219 g/mol. The van der Waals surface area contributed by atoms with Gasteiger partial charge in [-0.1, -0.05) is 19.9 Å². The summed E-state index contributed by atoms with van der Waals surface area (Å²) in [5.41, 5.74) is 0.940. The van der Waals surface area contributed by atoms with Crippen molar-refractivity contribution in [1.82, 2.24) is 9.78 Å². The van der Waals surface area contributed by atoms with Gasteiger partial charge in [0, 0.05) is 12.6 Å². The Hall–Kier alpha value is -1.91. The minimum Gasteiger partial charge on any atom is -0.264 e. The summed E-state index contributed by atoms with van der Waals surface area (Å²) >= 11 is 0. The Morgan fingerprint density at radius 3 is 2.88 bits per heavy atom. The van der Waals surface area contributed by atoms with Crippen LogP contribution in [0.25, 0.3) is 10.9 Å². The molecule has 2 rings (SSSR count). The fraction of sp³-hybridized carbons (Fsp3) is 0.364. The third kappa shape index (κ3) is 1.76. The Balaban J connectivity index is 2.57. The quantitative estimate of drug-likeness (QED) is 0.588. The molecular weight excluding hydrogens is 206 g/mol. The van der Waals surface area contributed by atoms with Crippen LogP contribution in [-0.2, 0) is 6.54 Å². The molecule has 0 amide bonds. The predicted molar refractivity (Wildman–Crippen MR) is 61.2 cm³/mol. The van der Waals surface area contributed by atoms with Gasteiger partial charge in [0.1, 0.15) is 0 Å². The molecule has 0 saturated carbocycles. The van der Waals surface area contributed by atoms with Gasteiger partial charge in [0.2, 0.25) is 0 Å². The molecule has 84 valence electrons. The molecule has 0 aliphatic carbocycles. The van der Waals surface area contributed by atoms with Gasteiger partial charge in [0.15, 0.2) is 0 Å². The molecule has 16 heavy (non-hydrogen) atoms. The number of hydrogen-bond acceptors (Lipinski definition) is 3. The van der Waals surface area contributed by atoms with Crippen molar-refractivity contribution in [2.45, 2.75) is 20.4 Å². The molecule has 0 radical (unpaired) electrons. The molecule has 1 aromatic heterocycles. The molecule has 0 fully saturated rings. The second-order valence-electron chi connectivity index (χ2n) is 4.19. The summed E-state index contributed by atoms with van der Waals surface area (Å²) in [4.78, 5) is 10.4. The van der Waals surface area contributed by atoms with E-state index in [9.17, 15) is 10.1 Å². The zero-order valence-corrected chi connectivity index (χ0v) is 9.25. The van der Waals surface area contributed by atoms with Crippen molar-refractivity contribution in [2.75, 3.05) is 0 Å². The second-order valence-corrected chi connectivity index (χ2v) is 4.19. The second kappa shape index (κ2) is 3.92. The first-order valence-corrected chi connectivity index (χ1v) is 5.18. The molecule has 5 heteroatoms. The number of fused-ring (bicyclic) bond motifs is 1. The molecule has 0 unspecified atom stereocenters. The number of rotatable bonds is 3. The summed E-state index contributed by atoms with van der Waals surface area (Å²) < 4.78 is 1.81. The van der Waals surface area contributed by atoms with Gasteiger partial charge in [-0.2, -0.15) is 5.10 Å². The van der Waals surface area contributed by atoms with Crippen LogP contribution in [0.4, 0.5) is 5.69 Å². The van der Waals surface area contributed by atoms with E-state index in [4.69, 9.17) is 0 Å². The Morgan fingerprint density at radius 2 is 2.25 bits per heavy atom. The van der Waals surface area contributed by atoms with Crippen LogP contribution in [0.3, 0.4) is 0 Å². The Labute approximate surface area is 92.8 Å². The first-order valence-electron chi connectivity index (χ1n) is 5.18. The van der Waals surface area contributed by atoms with Crippen molar-refractivity contribution < 1.29 is 4.92 Å². The van der Waals surface area contributed by atoms with Gasteiger partial charge in [-0.25, -0.2) is 0 Å². The van der Waals surface area contributed by atoms with E-state index in [2.05, 4.69) is 18.9 Å². The van der Waals surface area contributed by atoms with Gasteiger partial charge in [-0.15, -0.1) is 0 Å². The minimum absolute atomic E-state index is 0.118. The topological polar surface area (TPSA) is 61.0 Å². The molecule has 0 spiro atoms. The third-order valence-electron chi connectivity index (χ3n) is 2.40. The van der Waals surface area contributed by atoms with Crippen molar-refractivity contribution in [2.24, 2.45) is 5.92 Å². The molecule has 0 N–H and O–H groups in total. The van der Waals surface area contributed by atoms with Gasteiger partial charge in [-0.3, -0.25) is 14.8 Å². The van der Waals surface area contributed by atoms with E-state index in [1.165, 1.54) is 6.07 Å². The lowest BCUT2D eigenvalue weighted by Crippen LogP contribution is -2.05. The number of hydrogen-bond donors (Lipinski definition) is 0. The van der Waals surface area contributed by atoms with Crippen molar-refractivity contribution in [3.8, 4) is 0 Å². The number of nitrogens with zero attached hydrogens (tertiary/aromatic N) is 3. The minimum atomic E-state index is -0.371. The molecule has 0 atom stereocenters. The van der Waals surface area contributed by atoms with E-state index in [1.54, 1.807) is 12.3 Å². The maximum atomic E-state index is 10.8. The lowest BCUT2D eigenvalue weighted by Gasteiger charge is -2.05. The number of non-ortho nitro benzene ring substituents is 1. The average Bonchev–Trinajstić information content (AvgIpc) is 2.60. The summed E-state index contributed by atoms with van der Waals surface area (Å²) in [6, 6.07) is 5.06. The monoisotopic (exact) mass is 219 g/mol. The highest BCUT2D eigenvalue weighted by molar-refractivity contribution is 5.87. The van der Waals surface area contributed by atoms with Crippen LogP contribution in [-0.4, -0.2) is 14.7 Å². The van der Waals surface area contributed by atoms with Gasteiger partial charge >= 0.3 is 0 Å². The largest absolute Gasteiger partial charge is 0.280 e. The van der Waals surface area contributed by atoms with Gasteiger partial charge in [-0.05, 0) is 12.0 Å². The van der Waals surface area contributed by atoms with E-state index in [1.807, 2.05) is 10.7 Å². The summed E-state index contributed by atoms with van der Waals surface area (Å²) in [5, 5.41) is 15.6. The zero-order chi connectivity index (χ0) is 11.7. The molecule has 1 heterocycles. The number of benzene rings is 1. The van der Waals surface area contributed by atoms with Crippen LogP contribution in [0.5, 0.6) is 0 Å². The smallest absolute Gasteiger partial charge is 0.264 e. The SMILES string of the molecule is CC(C)Cn1ncc2c([N+](=O)[O-])cccc21. The van der Waals surface area contributed by atoms with Crippen molar-refractivity contribution >= 4 is 16.6 Å². The number of aromatic nitrogens is 2. The van der Waals surface area contributed by atoms with E-state index in [0.717, 1.165) is 12.1 Å². The Bertz CT molecular complexity index is 531. The van der Waals surface area contributed by atoms with E-state index < -0.39 is 0 Å². The van der Waals surface area contributed by atoms with Gasteiger partial charge < -0.3 is 0 Å². The van der Waals surface area contributed by atoms with Crippen LogP contribution in [0.2, 0.25) is 0 Å². The summed E-state index contributed by atoms with van der Waals surface area (Å²) in [6.45, 7) is 4.94. The highest BCUT2D eigenvalue weighted by Gasteiger charge is 2.14. The first-order chi connectivity index (χ1) is 7.59. The molecule has 0 aliphatic rings. The maximum absolute atomic E-state index is 10.8. The molecule has 0 aliphatic heterocycles. The van der Waals surface area contributed by atoms with Crippen LogP contribution >= 0.6 is 0 Å². The molecule has 1 aromatic carbocycles. The fourth-order valence-corrected chi connectivity index (χ4v) is 1.74. The van der Waals surface area contributed by atoms with Crippen LogP contribution in [0.1, 0.15) is 13.8 Å². The van der Waals surface area contributed by atoms with Crippen molar-refractivity contribution in [3.05, 3.63) is 34.5 Å². The first kappa shape index (κ1) is 10.6. The normalized spacial score (nSPS) is 11.2. The predicted octanol–water partition coefficient (Wildman–Crippen LogP) is 2.60. The lowest BCUT2D eigenvalue weighted by molar-refractivity contribution is -0.383. The molecule has 5 nitrogen and oxygen atoms in total. The number of nitro benzene ring substituents is 1. The van der Waals surface area contributed by atoms with Gasteiger partial charge in [0.25, 0.3) is 5.69 Å². The summed E-state index contributed by atoms with van der Waals surface area (Å²) in [5.74, 6) is 0.461. The molecule has 0 bridgehead atoms. The van der Waals surface area contributed by atoms with Crippen LogP contribution in [0, 0.1) is 16.0 Å². The summed E-state index contributed by atoms with van der Waals surface area (Å²) in [6.07, 6.45) is 1.57. The van der Waals surface area contributed by atoms with Crippen LogP contribution < -0.4 is 0 Å². The van der Waals surface area contributed by atoms with Crippen LogP contribution in [0.15, 0.2) is 24.4 Å². The van der Waals surface area contributed by atoms with Gasteiger partial charge in [0.05, 0.1) is 22.0 Å². The number of nitro groups is 1. The maximum Gasteiger partial charge on any atom is 0.280 e. The fourth-order valence-electron chi connectivity index (χ4n) is 1.74. The van der Waals surface area contributed by atoms with E-state index >= 15 is 0 Å². The standard InChI is InChI=1S/C11H13N3O2/c1-8(2)7-13-10-4-3-5-11(14(15)16)9(10)6-12-13/h3-6,8H,7H2,1-2H3. The van der Waals surface area contributed by atoms with Crippen molar-refractivity contribution in [3.63, 3.8) is 0 Å². The van der Waals surface area contributed by atoms with E-state index in [0.29, 0.717) is 11.3 Å². The third-order valence-corrected chi connectivity index (χ3v) is 2.40.